The third-order valence-corrected chi connectivity index (χ3v) is 2.28. The molecule has 2 N–H and O–H groups in total. The molecule has 0 aliphatic heterocycles. The molecule has 1 aromatic rings. The van der Waals surface area contributed by atoms with Gasteiger partial charge in [0.2, 0.25) is 5.91 Å². The number of carboxylic acids is 1. The number of amides is 1. The van der Waals surface area contributed by atoms with Crippen molar-refractivity contribution in [3.8, 4) is 0 Å². The highest BCUT2D eigenvalue weighted by Gasteiger charge is 2.21. The second-order valence-corrected chi connectivity index (χ2v) is 4.35. The summed E-state index contributed by atoms with van der Waals surface area (Å²) >= 11 is 0. The zero-order valence-corrected chi connectivity index (χ0v) is 10.0. The molecule has 0 spiro atoms. The lowest BCUT2D eigenvalue weighted by Gasteiger charge is -2.15. The predicted molar refractivity (Wildman–Crippen MR) is 64.4 cm³/mol. The summed E-state index contributed by atoms with van der Waals surface area (Å²) in [6.07, 6.45) is 0.330. The topological polar surface area (TPSA) is 66.4 Å². The van der Waals surface area contributed by atoms with Crippen LogP contribution < -0.4 is 5.32 Å². The van der Waals surface area contributed by atoms with Gasteiger partial charge in [-0.2, -0.15) is 0 Å². The van der Waals surface area contributed by atoms with Gasteiger partial charge in [0, 0.05) is 6.42 Å². The highest BCUT2D eigenvalue weighted by atomic mass is 16.4. The van der Waals surface area contributed by atoms with Crippen LogP contribution in [0.15, 0.2) is 30.3 Å². The first kappa shape index (κ1) is 13.2. The Balaban J connectivity index is 2.75. The normalized spacial score (nSPS) is 12.2. The van der Waals surface area contributed by atoms with Gasteiger partial charge in [-0.25, -0.2) is 4.79 Å². The largest absolute Gasteiger partial charge is 0.479 e. The molecule has 0 saturated carbocycles. The summed E-state index contributed by atoms with van der Waals surface area (Å²) in [4.78, 5) is 22.7. The van der Waals surface area contributed by atoms with E-state index >= 15 is 0 Å². The Bertz CT molecular complexity index is 387. The van der Waals surface area contributed by atoms with Crippen molar-refractivity contribution in [1.29, 1.82) is 0 Å². The Kier molecular flexibility index (Phi) is 4.69. The number of carbonyl (C=O) groups excluding carboxylic acids is 1. The van der Waals surface area contributed by atoms with Crippen LogP contribution in [0.2, 0.25) is 0 Å². The highest BCUT2D eigenvalue weighted by Crippen LogP contribution is 2.13. The summed E-state index contributed by atoms with van der Waals surface area (Å²) in [6.45, 7) is 3.83. The maximum Gasteiger partial charge on any atom is 0.330 e. The van der Waals surface area contributed by atoms with Gasteiger partial charge in [-0.1, -0.05) is 44.2 Å². The van der Waals surface area contributed by atoms with Crippen molar-refractivity contribution in [3.05, 3.63) is 35.9 Å². The molecule has 1 rings (SSSR count). The average molecular weight is 235 g/mol. The summed E-state index contributed by atoms with van der Waals surface area (Å²) in [6, 6.07) is 7.71. The molecule has 0 fully saturated rings. The van der Waals surface area contributed by atoms with Crippen LogP contribution in [0.4, 0.5) is 0 Å². The number of carbonyl (C=O) groups is 2. The SMILES string of the molecule is CC(C)CC(=O)N[C@@H](C(=O)O)c1ccccc1. The molecule has 4 heteroatoms. The van der Waals surface area contributed by atoms with E-state index in [1.165, 1.54) is 0 Å². The molecule has 0 aromatic heterocycles. The Labute approximate surface area is 101 Å². The van der Waals surface area contributed by atoms with Gasteiger partial charge >= 0.3 is 5.97 Å². The summed E-state index contributed by atoms with van der Waals surface area (Å²) in [5.41, 5.74) is 0.581. The van der Waals surface area contributed by atoms with Crippen LogP contribution in [0, 0.1) is 5.92 Å². The average Bonchev–Trinajstić information content (AvgIpc) is 2.25. The smallest absolute Gasteiger partial charge is 0.330 e. The first-order valence-corrected chi connectivity index (χ1v) is 5.58. The minimum atomic E-state index is -1.05. The molecular formula is C13H17NO3. The number of carboxylic acid groups (broad SMARTS) is 1. The molecule has 0 saturated heterocycles. The van der Waals surface area contributed by atoms with Crippen LogP contribution in [-0.4, -0.2) is 17.0 Å². The molecule has 17 heavy (non-hydrogen) atoms. The van der Waals surface area contributed by atoms with Crippen molar-refractivity contribution in [2.24, 2.45) is 5.92 Å². The Morgan fingerprint density at radius 2 is 1.82 bits per heavy atom. The summed E-state index contributed by atoms with van der Waals surface area (Å²) < 4.78 is 0. The second kappa shape index (κ2) is 6.03. The Morgan fingerprint density at radius 1 is 1.24 bits per heavy atom. The van der Waals surface area contributed by atoms with Gasteiger partial charge in [-0.3, -0.25) is 4.79 Å². The zero-order valence-electron chi connectivity index (χ0n) is 10.0. The Hall–Kier alpha value is -1.84. The summed E-state index contributed by atoms with van der Waals surface area (Å²) in [5.74, 6) is -1.08. The van der Waals surface area contributed by atoms with Crippen molar-refractivity contribution in [2.45, 2.75) is 26.3 Å². The number of rotatable bonds is 5. The van der Waals surface area contributed by atoms with Crippen molar-refractivity contribution in [2.75, 3.05) is 0 Å². The van der Waals surface area contributed by atoms with Crippen LogP contribution >= 0.6 is 0 Å². The van der Waals surface area contributed by atoms with Crippen molar-refractivity contribution < 1.29 is 14.7 Å². The molecule has 1 amide bonds. The fourth-order valence-corrected chi connectivity index (χ4v) is 1.52. The third kappa shape index (κ3) is 4.26. The van der Waals surface area contributed by atoms with Crippen LogP contribution in [0.5, 0.6) is 0 Å². The second-order valence-electron chi connectivity index (χ2n) is 4.35. The standard InChI is InChI=1S/C13H17NO3/c1-9(2)8-11(15)14-12(13(16)17)10-6-4-3-5-7-10/h3-7,9,12H,8H2,1-2H3,(H,14,15)(H,16,17)/t12-/m1/s1. The molecule has 0 unspecified atom stereocenters. The van der Waals surface area contributed by atoms with Crippen molar-refractivity contribution >= 4 is 11.9 Å². The number of hydrogen-bond acceptors (Lipinski definition) is 2. The maximum atomic E-state index is 11.6. The van der Waals surface area contributed by atoms with Crippen LogP contribution in [0.25, 0.3) is 0 Å². The number of nitrogens with one attached hydrogen (secondary N) is 1. The van der Waals surface area contributed by atoms with E-state index in [2.05, 4.69) is 5.32 Å². The molecule has 1 atom stereocenters. The number of hydrogen-bond donors (Lipinski definition) is 2. The lowest BCUT2D eigenvalue weighted by atomic mass is 10.1. The maximum absolute atomic E-state index is 11.6. The molecule has 0 aliphatic rings. The number of aliphatic carboxylic acids is 1. The third-order valence-electron chi connectivity index (χ3n) is 2.28. The van der Waals surface area contributed by atoms with Gasteiger partial charge < -0.3 is 10.4 Å². The van der Waals surface area contributed by atoms with Gasteiger partial charge in [-0.05, 0) is 11.5 Å². The van der Waals surface area contributed by atoms with E-state index < -0.39 is 12.0 Å². The van der Waals surface area contributed by atoms with E-state index in [9.17, 15) is 9.59 Å². The first-order chi connectivity index (χ1) is 8.00. The predicted octanol–water partition coefficient (Wildman–Crippen LogP) is 1.97. The van der Waals surface area contributed by atoms with E-state index in [4.69, 9.17) is 5.11 Å². The van der Waals surface area contributed by atoms with E-state index in [1.54, 1.807) is 30.3 Å². The summed E-state index contributed by atoms with van der Waals surface area (Å²) in [5, 5.41) is 11.6. The molecule has 0 bridgehead atoms. The van der Waals surface area contributed by atoms with E-state index in [0.717, 1.165) is 0 Å². The van der Waals surface area contributed by atoms with Gasteiger partial charge in [0.05, 0.1) is 0 Å². The molecule has 92 valence electrons. The fourth-order valence-electron chi connectivity index (χ4n) is 1.52. The minimum Gasteiger partial charge on any atom is -0.479 e. The molecule has 0 heterocycles. The molecule has 0 aliphatic carbocycles. The first-order valence-electron chi connectivity index (χ1n) is 5.58. The zero-order chi connectivity index (χ0) is 12.8. The van der Waals surface area contributed by atoms with E-state index in [0.29, 0.717) is 12.0 Å². The lowest BCUT2D eigenvalue weighted by molar-refractivity contribution is -0.142. The van der Waals surface area contributed by atoms with Gasteiger partial charge in [0.1, 0.15) is 0 Å². The monoisotopic (exact) mass is 235 g/mol. The van der Waals surface area contributed by atoms with Crippen molar-refractivity contribution in [3.63, 3.8) is 0 Å². The van der Waals surface area contributed by atoms with E-state index in [1.807, 2.05) is 13.8 Å². The van der Waals surface area contributed by atoms with Crippen LogP contribution in [0.1, 0.15) is 31.9 Å². The molecule has 0 radical (unpaired) electrons. The lowest BCUT2D eigenvalue weighted by Crippen LogP contribution is -2.34. The highest BCUT2D eigenvalue weighted by molar-refractivity contribution is 5.84. The van der Waals surface area contributed by atoms with Gasteiger partial charge in [-0.15, -0.1) is 0 Å². The van der Waals surface area contributed by atoms with Gasteiger partial charge in [0.15, 0.2) is 6.04 Å². The van der Waals surface area contributed by atoms with Crippen LogP contribution in [-0.2, 0) is 9.59 Å². The minimum absolute atomic E-state index is 0.209. The molecule has 4 nitrogen and oxygen atoms in total. The fraction of sp³-hybridized carbons (Fsp3) is 0.385. The van der Waals surface area contributed by atoms with Crippen LogP contribution in [0.3, 0.4) is 0 Å². The molecule has 1 aromatic carbocycles. The molecular weight excluding hydrogens is 218 g/mol. The van der Waals surface area contributed by atoms with Gasteiger partial charge in [0.25, 0.3) is 0 Å². The Morgan fingerprint density at radius 3 is 2.29 bits per heavy atom. The van der Waals surface area contributed by atoms with Crippen molar-refractivity contribution in [1.82, 2.24) is 5.32 Å². The van der Waals surface area contributed by atoms with E-state index in [-0.39, 0.29) is 11.8 Å². The quantitative estimate of drug-likeness (QED) is 0.820. The number of benzene rings is 1. The summed E-state index contributed by atoms with van der Waals surface area (Å²) in [7, 11) is 0.